The van der Waals surface area contributed by atoms with Crippen LogP contribution in [0.25, 0.3) is 0 Å². The number of carboxylic acid groups (broad SMARTS) is 1. The summed E-state index contributed by atoms with van der Waals surface area (Å²) in [5, 5.41) is 10.8. The first-order valence-corrected chi connectivity index (χ1v) is 3.14. The van der Waals surface area contributed by atoms with Crippen LogP contribution in [0.5, 0.6) is 0 Å². The Bertz CT molecular complexity index is 177. The Balaban J connectivity index is 4.12. The number of carboxylic acids is 1. The van der Waals surface area contributed by atoms with Crippen molar-refractivity contribution in [3.8, 4) is 0 Å². The van der Waals surface area contributed by atoms with Crippen LogP contribution in [-0.2, 0) is 9.59 Å². The van der Waals surface area contributed by atoms with Crippen LogP contribution >= 0.6 is 0 Å². The fourth-order valence-corrected chi connectivity index (χ4v) is 0.453. The second-order valence-electron chi connectivity index (χ2n) is 2.68. The number of nitrogens with one attached hydrogen (secondary N) is 1. The van der Waals surface area contributed by atoms with E-state index in [0.29, 0.717) is 0 Å². The highest BCUT2D eigenvalue weighted by Crippen LogP contribution is 2.00. The number of hydrogen-bond acceptors (Lipinski definition) is 3. The van der Waals surface area contributed by atoms with Crippen molar-refractivity contribution in [1.29, 1.82) is 0 Å². The molecule has 4 N–H and O–H groups in total. The summed E-state index contributed by atoms with van der Waals surface area (Å²) in [6.07, 6.45) is 0. The fourth-order valence-electron chi connectivity index (χ4n) is 0.453. The van der Waals surface area contributed by atoms with Gasteiger partial charge in [0.1, 0.15) is 5.54 Å². The van der Waals surface area contributed by atoms with Crippen LogP contribution in [0.2, 0.25) is 0 Å². The molecule has 0 aliphatic carbocycles. The zero-order valence-electron chi connectivity index (χ0n) is 6.55. The van der Waals surface area contributed by atoms with Gasteiger partial charge in [-0.2, -0.15) is 0 Å². The van der Waals surface area contributed by atoms with E-state index in [-0.39, 0.29) is 6.54 Å². The fraction of sp³-hybridized carbons (Fsp3) is 0.667. The van der Waals surface area contributed by atoms with Crippen LogP contribution in [0, 0.1) is 0 Å². The molecule has 1 amide bonds. The Morgan fingerprint density at radius 2 is 2.00 bits per heavy atom. The van der Waals surface area contributed by atoms with Gasteiger partial charge in [-0.15, -0.1) is 0 Å². The molecule has 0 aliphatic rings. The summed E-state index contributed by atoms with van der Waals surface area (Å²) in [6.45, 7) is 2.59. The number of nitrogens with two attached hydrogens (primary N) is 1. The monoisotopic (exact) mass is 160 g/mol. The lowest BCUT2D eigenvalue weighted by Gasteiger charge is -2.20. The summed E-state index contributed by atoms with van der Waals surface area (Å²) in [6, 6.07) is 0. The molecule has 0 saturated carbocycles. The second kappa shape index (κ2) is 3.34. The molecule has 0 bridgehead atoms. The summed E-state index contributed by atoms with van der Waals surface area (Å²) in [5.74, 6) is -1.56. The molecular weight excluding hydrogens is 148 g/mol. The largest absolute Gasteiger partial charge is 0.480 e. The van der Waals surface area contributed by atoms with Crippen molar-refractivity contribution in [1.82, 2.24) is 5.32 Å². The topological polar surface area (TPSA) is 92.4 Å². The molecule has 0 aromatic heterocycles. The number of hydrogen-bond donors (Lipinski definition) is 3. The number of carbonyl (C=O) groups is 2. The predicted octanol–water partition coefficient (Wildman–Crippen LogP) is -1.08. The van der Waals surface area contributed by atoms with Crippen molar-refractivity contribution in [3.05, 3.63) is 0 Å². The Morgan fingerprint density at radius 1 is 1.55 bits per heavy atom. The number of carbonyl (C=O) groups excluding carboxylic acids is 1. The van der Waals surface area contributed by atoms with Gasteiger partial charge in [-0.1, -0.05) is 0 Å². The maximum Gasteiger partial charge on any atom is 0.328 e. The van der Waals surface area contributed by atoms with Gasteiger partial charge in [-0.3, -0.25) is 4.79 Å². The van der Waals surface area contributed by atoms with Crippen molar-refractivity contribution in [2.24, 2.45) is 5.73 Å². The van der Waals surface area contributed by atoms with E-state index in [1.54, 1.807) is 0 Å². The SMILES string of the molecule is CC(C)(NC(=O)CN)C(=O)O. The first-order valence-electron chi connectivity index (χ1n) is 3.14. The quantitative estimate of drug-likeness (QED) is 0.490. The number of amides is 1. The lowest BCUT2D eigenvalue weighted by atomic mass is 10.1. The van der Waals surface area contributed by atoms with E-state index >= 15 is 0 Å². The van der Waals surface area contributed by atoms with E-state index in [2.05, 4.69) is 5.32 Å². The normalized spacial score (nSPS) is 10.8. The third kappa shape index (κ3) is 2.99. The van der Waals surface area contributed by atoms with Gasteiger partial charge in [0.05, 0.1) is 6.54 Å². The van der Waals surface area contributed by atoms with Gasteiger partial charge in [0.15, 0.2) is 0 Å². The van der Waals surface area contributed by atoms with Crippen molar-refractivity contribution >= 4 is 11.9 Å². The average molecular weight is 160 g/mol. The maximum absolute atomic E-state index is 10.6. The molecule has 0 aromatic rings. The van der Waals surface area contributed by atoms with Gasteiger partial charge in [-0.05, 0) is 13.8 Å². The van der Waals surface area contributed by atoms with Crippen LogP contribution in [0.3, 0.4) is 0 Å². The standard InChI is InChI=1S/C6H12N2O3/c1-6(2,5(10)11)8-4(9)3-7/h3,7H2,1-2H3,(H,8,9)(H,10,11). The van der Waals surface area contributed by atoms with Crippen LogP contribution in [0.4, 0.5) is 0 Å². The molecule has 5 heteroatoms. The van der Waals surface area contributed by atoms with Gasteiger partial charge < -0.3 is 16.2 Å². The summed E-state index contributed by atoms with van der Waals surface area (Å²) in [4.78, 5) is 21.0. The van der Waals surface area contributed by atoms with Crippen LogP contribution in [0.1, 0.15) is 13.8 Å². The highest BCUT2D eigenvalue weighted by molar-refractivity contribution is 5.86. The molecule has 0 aliphatic heterocycles. The summed E-state index contributed by atoms with van der Waals surface area (Å²) >= 11 is 0. The minimum Gasteiger partial charge on any atom is -0.480 e. The third-order valence-corrected chi connectivity index (χ3v) is 1.17. The van der Waals surface area contributed by atoms with E-state index in [0.717, 1.165) is 0 Å². The highest BCUT2D eigenvalue weighted by Gasteiger charge is 2.28. The van der Waals surface area contributed by atoms with Crippen molar-refractivity contribution < 1.29 is 14.7 Å². The van der Waals surface area contributed by atoms with Gasteiger partial charge in [-0.25, -0.2) is 4.79 Å². The van der Waals surface area contributed by atoms with Gasteiger partial charge >= 0.3 is 5.97 Å². The Morgan fingerprint density at radius 3 is 2.27 bits per heavy atom. The van der Waals surface area contributed by atoms with Gasteiger partial charge in [0, 0.05) is 0 Å². The molecule has 0 unspecified atom stereocenters. The third-order valence-electron chi connectivity index (χ3n) is 1.17. The smallest absolute Gasteiger partial charge is 0.328 e. The Hall–Kier alpha value is -1.10. The van der Waals surface area contributed by atoms with Crippen LogP contribution in [-0.4, -0.2) is 29.1 Å². The zero-order valence-corrected chi connectivity index (χ0v) is 6.55. The molecule has 0 fully saturated rings. The summed E-state index contributed by atoms with van der Waals surface area (Å²) in [5.41, 5.74) is 3.73. The van der Waals surface area contributed by atoms with E-state index in [1.165, 1.54) is 13.8 Å². The minimum atomic E-state index is -1.24. The Kier molecular flexibility index (Phi) is 3.00. The van der Waals surface area contributed by atoms with E-state index < -0.39 is 17.4 Å². The van der Waals surface area contributed by atoms with Crippen LogP contribution in [0.15, 0.2) is 0 Å². The molecular formula is C6H12N2O3. The molecule has 0 radical (unpaired) electrons. The lowest BCUT2D eigenvalue weighted by molar-refractivity contribution is -0.145. The number of rotatable bonds is 3. The second-order valence-corrected chi connectivity index (χ2v) is 2.68. The van der Waals surface area contributed by atoms with Gasteiger partial charge in [0.2, 0.25) is 5.91 Å². The summed E-state index contributed by atoms with van der Waals surface area (Å²) in [7, 11) is 0. The van der Waals surface area contributed by atoms with E-state index in [4.69, 9.17) is 10.8 Å². The molecule has 0 atom stereocenters. The molecule has 64 valence electrons. The molecule has 0 spiro atoms. The molecule has 0 rings (SSSR count). The van der Waals surface area contributed by atoms with Crippen molar-refractivity contribution in [3.63, 3.8) is 0 Å². The highest BCUT2D eigenvalue weighted by atomic mass is 16.4. The van der Waals surface area contributed by atoms with E-state index in [9.17, 15) is 9.59 Å². The minimum absolute atomic E-state index is 0.198. The van der Waals surface area contributed by atoms with E-state index in [1.807, 2.05) is 0 Å². The van der Waals surface area contributed by atoms with Crippen molar-refractivity contribution in [2.75, 3.05) is 6.54 Å². The van der Waals surface area contributed by atoms with Crippen molar-refractivity contribution in [2.45, 2.75) is 19.4 Å². The molecule has 0 saturated heterocycles. The molecule has 0 heterocycles. The first kappa shape index (κ1) is 9.90. The molecule has 0 aromatic carbocycles. The van der Waals surface area contributed by atoms with Crippen LogP contribution < -0.4 is 11.1 Å². The number of aliphatic carboxylic acids is 1. The average Bonchev–Trinajstić information content (AvgIpc) is 1.86. The van der Waals surface area contributed by atoms with Gasteiger partial charge in [0.25, 0.3) is 0 Å². The first-order chi connectivity index (χ1) is 4.90. The predicted molar refractivity (Wildman–Crippen MR) is 38.9 cm³/mol. The molecule has 5 nitrogen and oxygen atoms in total. The maximum atomic E-state index is 10.6. The molecule has 11 heavy (non-hydrogen) atoms. The lowest BCUT2D eigenvalue weighted by Crippen LogP contribution is -2.51. The summed E-state index contributed by atoms with van der Waals surface area (Å²) < 4.78 is 0. The zero-order chi connectivity index (χ0) is 9.07. The Labute approximate surface area is 64.6 Å².